The molecule has 5 rings (SSSR count). The molecule has 2 fully saturated rings. The molecule has 1 aliphatic heterocycles. The van der Waals surface area contributed by atoms with E-state index in [2.05, 4.69) is 61.9 Å². The van der Waals surface area contributed by atoms with Gasteiger partial charge in [-0.2, -0.15) is 5.10 Å². The second-order valence-electron chi connectivity index (χ2n) is 7.02. The number of anilines is 2. The average Bonchev–Trinajstić information content (AvgIpc) is 3.47. The molecular weight excluding hydrogens is 312 g/mol. The Morgan fingerprint density at radius 1 is 0.880 bits per heavy atom. The number of hydrogen-bond acceptors (Lipinski definition) is 5. The SMILES string of the molecule is Cn1c(N2CCN(c3ccc(C4CC4)nn3)CC2)nc2ccccc21. The summed E-state index contributed by atoms with van der Waals surface area (Å²) in [7, 11) is 2.10. The number of hydrogen-bond donors (Lipinski definition) is 0. The van der Waals surface area contributed by atoms with Gasteiger partial charge in [0.2, 0.25) is 5.95 Å². The largest absolute Gasteiger partial charge is 0.352 e. The first-order chi connectivity index (χ1) is 12.3. The molecule has 1 saturated heterocycles. The summed E-state index contributed by atoms with van der Waals surface area (Å²) in [6, 6.07) is 12.6. The molecule has 2 aliphatic rings. The van der Waals surface area contributed by atoms with Gasteiger partial charge >= 0.3 is 0 Å². The molecule has 3 heterocycles. The Morgan fingerprint density at radius 3 is 2.32 bits per heavy atom. The average molecular weight is 334 g/mol. The van der Waals surface area contributed by atoms with E-state index >= 15 is 0 Å². The topological polar surface area (TPSA) is 50.1 Å². The fraction of sp³-hybridized carbons (Fsp3) is 0.421. The van der Waals surface area contributed by atoms with Gasteiger partial charge in [-0.3, -0.25) is 0 Å². The van der Waals surface area contributed by atoms with Gasteiger partial charge in [-0.15, -0.1) is 5.10 Å². The van der Waals surface area contributed by atoms with E-state index < -0.39 is 0 Å². The highest BCUT2D eigenvalue weighted by molar-refractivity contribution is 5.78. The van der Waals surface area contributed by atoms with E-state index in [9.17, 15) is 0 Å². The van der Waals surface area contributed by atoms with E-state index in [-0.39, 0.29) is 0 Å². The van der Waals surface area contributed by atoms with Gasteiger partial charge < -0.3 is 14.4 Å². The highest BCUT2D eigenvalue weighted by Crippen LogP contribution is 2.38. The van der Waals surface area contributed by atoms with Crippen LogP contribution in [0.2, 0.25) is 0 Å². The Labute approximate surface area is 147 Å². The molecule has 0 radical (unpaired) electrons. The molecule has 0 bridgehead atoms. The minimum absolute atomic E-state index is 0.663. The van der Waals surface area contributed by atoms with E-state index in [0.29, 0.717) is 5.92 Å². The zero-order chi connectivity index (χ0) is 16.8. The van der Waals surface area contributed by atoms with Crippen LogP contribution in [0.4, 0.5) is 11.8 Å². The maximum Gasteiger partial charge on any atom is 0.206 e. The molecule has 0 atom stereocenters. The Balaban J connectivity index is 1.31. The zero-order valence-corrected chi connectivity index (χ0v) is 14.5. The van der Waals surface area contributed by atoms with Crippen LogP contribution in [0.1, 0.15) is 24.5 Å². The van der Waals surface area contributed by atoms with Crippen molar-refractivity contribution >= 4 is 22.8 Å². The van der Waals surface area contributed by atoms with Crippen LogP contribution >= 0.6 is 0 Å². The van der Waals surface area contributed by atoms with E-state index in [4.69, 9.17) is 4.98 Å². The van der Waals surface area contributed by atoms with Crippen LogP contribution in [0, 0.1) is 0 Å². The highest BCUT2D eigenvalue weighted by Gasteiger charge is 2.26. The van der Waals surface area contributed by atoms with Gasteiger partial charge in [-0.05, 0) is 37.1 Å². The van der Waals surface area contributed by atoms with Crippen LogP contribution in [0.3, 0.4) is 0 Å². The predicted molar refractivity (Wildman–Crippen MR) is 99.1 cm³/mol. The van der Waals surface area contributed by atoms with Crippen molar-refractivity contribution in [3.63, 3.8) is 0 Å². The zero-order valence-electron chi connectivity index (χ0n) is 14.5. The van der Waals surface area contributed by atoms with Crippen LogP contribution in [0.5, 0.6) is 0 Å². The predicted octanol–water partition coefficient (Wildman–Crippen LogP) is 2.57. The summed E-state index contributed by atoms with van der Waals surface area (Å²) in [5.74, 6) is 2.71. The molecule has 0 amide bonds. The number of rotatable bonds is 3. The van der Waals surface area contributed by atoms with Gasteiger partial charge in [0, 0.05) is 39.1 Å². The molecule has 6 nitrogen and oxygen atoms in total. The summed E-state index contributed by atoms with van der Waals surface area (Å²) in [5.41, 5.74) is 3.40. The fourth-order valence-corrected chi connectivity index (χ4v) is 3.65. The van der Waals surface area contributed by atoms with Gasteiger partial charge in [0.25, 0.3) is 0 Å². The quantitative estimate of drug-likeness (QED) is 0.737. The molecule has 128 valence electrons. The molecule has 0 spiro atoms. The lowest BCUT2D eigenvalue weighted by Crippen LogP contribution is -2.47. The van der Waals surface area contributed by atoms with Crippen LogP contribution in [0.15, 0.2) is 36.4 Å². The Morgan fingerprint density at radius 2 is 1.64 bits per heavy atom. The maximum absolute atomic E-state index is 4.81. The highest BCUT2D eigenvalue weighted by atomic mass is 15.4. The first-order valence-electron chi connectivity index (χ1n) is 9.04. The van der Waals surface area contributed by atoms with Gasteiger partial charge in [0.05, 0.1) is 16.7 Å². The van der Waals surface area contributed by atoms with Crippen molar-refractivity contribution in [1.29, 1.82) is 0 Å². The van der Waals surface area contributed by atoms with Crippen molar-refractivity contribution < 1.29 is 0 Å². The second kappa shape index (κ2) is 5.72. The number of fused-ring (bicyclic) bond motifs is 1. The lowest BCUT2D eigenvalue weighted by atomic mass is 10.2. The first-order valence-corrected chi connectivity index (χ1v) is 9.04. The number of nitrogens with zero attached hydrogens (tertiary/aromatic N) is 6. The minimum atomic E-state index is 0.663. The molecule has 6 heteroatoms. The lowest BCUT2D eigenvalue weighted by Gasteiger charge is -2.35. The van der Waals surface area contributed by atoms with Crippen LogP contribution in [-0.2, 0) is 7.05 Å². The number of aryl methyl sites for hydroxylation is 1. The monoisotopic (exact) mass is 334 g/mol. The smallest absolute Gasteiger partial charge is 0.206 e. The third kappa shape index (κ3) is 2.62. The fourth-order valence-electron chi connectivity index (χ4n) is 3.65. The van der Waals surface area contributed by atoms with Crippen molar-refractivity contribution in [1.82, 2.24) is 19.7 Å². The summed E-state index contributed by atoms with van der Waals surface area (Å²) in [6.45, 7) is 3.79. The summed E-state index contributed by atoms with van der Waals surface area (Å²) in [4.78, 5) is 9.50. The van der Waals surface area contributed by atoms with E-state index in [1.54, 1.807) is 0 Å². The van der Waals surface area contributed by atoms with Crippen molar-refractivity contribution in [3.05, 3.63) is 42.1 Å². The Hall–Kier alpha value is -2.63. The number of para-hydroxylation sites is 2. The molecule has 3 aromatic rings. The summed E-state index contributed by atoms with van der Waals surface area (Å²) in [6.07, 6.45) is 2.54. The standard InChI is InChI=1S/C19H22N6/c1-23-17-5-3-2-4-16(17)20-19(23)25-12-10-24(11-13-25)18-9-8-15(21-22-18)14-6-7-14/h2-5,8-9,14H,6-7,10-13H2,1H3. The third-order valence-electron chi connectivity index (χ3n) is 5.32. The molecule has 0 unspecified atom stereocenters. The van der Waals surface area contributed by atoms with E-state index in [0.717, 1.165) is 49.2 Å². The van der Waals surface area contributed by atoms with Gasteiger partial charge in [0.15, 0.2) is 5.82 Å². The molecule has 1 aliphatic carbocycles. The molecule has 2 aromatic heterocycles. The molecule has 0 N–H and O–H groups in total. The number of imidazole rings is 1. The first kappa shape index (κ1) is 14.7. The van der Waals surface area contributed by atoms with Crippen molar-refractivity contribution in [2.24, 2.45) is 7.05 Å². The second-order valence-corrected chi connectivity index (χ2v) is 7.02. The van der Waals surface area contributed by atoms with Crippen molar-refractivity contribution in [2.45, 2.75) is 18.8 Å². The van der Waals surface area contributed by atoms with Crippen LogP contribution in [-0.4, -0.2) is 45.9 Å². The van der Waals surface area contributed by atoms with E-state index in [1.165, 1.54) is 18.4 Å². The Kier molecular flexibility index (Phi) is 3.36. The van der Waals surface area contributed by atoms with Crippen LogP contribution < -0.4 is 9.80 Å². The maximum atomic E-state index is 4.81. The van der Waals surface area contributed by atoms with Gasteiger partial charge in [-0.1, -0.05) is 12.1 Å². The molecule has 1 saturated carbocycles. The lowest BCUT2D eigenvalue weighted by molar-refractivity contribution is 0.623. The number of benzene rings is 1. The third-order valence-corrected chi connectivity index (χ3v) is 5.32. The Bertz CT molecular complexity index is 888. The molecular formula is C19H22N6. The molecule has 25 heavy (non-hydrogen) atoms. The summed E-state index contributed by atoms with van der Waals surface area (Å²) < 4.78 is 2.19. The minimum Gasteiger partial charge on any atom is -0.352 e. The van der Waals surface area contributed by atoms with Crippen molar-refractivity contribution in [3.8, 4) is 0 Å². The number of aromatic nitrogens is 4. The normalized spacial score (nSPS) is 18.1. The molecule has 1 aromatic carbocycles. The van der Waals surface area contributed by atoms with Crippen molar-refractivity contribution in [2.75, 3.05) is 36.0 Å². The van der Waals surface area contributed by atoms with Gasteiger partial charge in [-0.25, -0.2) is 4.98 Å². The van der Waals surface area contributed by atoms with E-state index in [1.807, 2.05) is 6.07 Å². The van der Waals surface area contributed by atoms with Gasteiger partial charge in [0.1, 0.15) is 0 Å². The summed E-state index contributed by atoms with van der Waals surface area (Å²) in [5, 5.41) is 8.86. The number of piperazine rings is 1. The van der Waals surface area contributed by atoms with Crippen LogP contribution in [0.25, 0.3) is 11.0 Å². The summed E-state index contributed by atoms with van der Waals surface area (Å²) >= 11 is 0.